The van der Waals surface area contributed by atoms with Gasteiger partial charge in [0.2, 0.25) is 5.95 Å². The van der Waals surface area contributed by atoms with Gasteiger partial charge in [0.15, 0.2) is 0 Å². The van der Waals surface area contributed by atoms with Crippen molar-refractivity contribution in [2.45, 2.75) is 19.1 Å². The van der Waals surface area contributed by atoms with Crippen LogP contribution in [0.3, 0.4) is 0 Å². The number of hydrogen-bond acceptors (Lipinski definition) is 9. The van der Waals surface area contributed by atoms with E-state index in [1.54, 1.807) is 55.5 Å². The van der Waals surface area contributed by atoms with Crippen LogP contribution in [0.5, 0.6) is 6.01 Å². The van der Waals surface area contributed by atoms with E-state index in [0.29, 0.717) is 28.5 Å². The summed E-state index contributed by atoms with van der Waals surface area (Å²) in [4.78, 5) is 34.3. The third-order valence-electron chi connectivity index (χ3n) is 5.91. The molecule has 0 aliphatic carbocycles. The maximum Gasteiger partial charge on any atom is 0.421 e. The van der Waals surface area contributed by atoms with Crippen LogP contribution < -0.4 is 21.3 Å². The van der Waals surface area contributed by atoms with Gasteiger partial charge in [0, 0.05) is 24.2 Å². The summed E-state index contributed by atoms with van der Waals surface area (Å²) < 4.78 is 47.3. The van der Waals surface area contributed by atoms with Gasteiger partial charge in [-0.25, -0.2) is 19.9 Å². The van der Waals surface area contributed by atoms with Crippen LogP contribution in [0.15, 0.2) is 71.9 Å². The van der Waals surface area contributed by atoms with Gasteiger partial charge in [-0.2, -0.15) is 18.2 Å². The summed E-state index contributed by atoms with van der Waals surface area (Å²) in [5.74, 6) is -0.705. The molecule has 0 aliphatic heterocycles. The van der Waals surface area contributed by atoms with Crippen LogP contribution in [0.4, 0.5) is 24.9 Å². The SMILES string of the molecule is COc1ncc(-c2cccc3nc(C(C)Nc4nc(N)ncc4C(F)(F)F)n(-c4ccccc4)c(=O)c23)cn1. The van der Waals surface area contributed by atoms with Gasteiger partial charge in [0.05, 0.1) is 29.7 Å². The number of nitrogen functional groups attached to an aromatic ring is 1. The number of rotatable bonds is 6. The van der Waals surface area contributed by atoms with Crippen LogP contribution in [0.2, 0.25) is 0 Å². The van der Waals surface area contributed by atoms with Crippen LogP contribution in [0, 0.1) is 0 Å². The second-order valence-corrected chi connectivity index (χ2v) is 8.46. The second-order valence-electron chi connectivity index (χ2n) is 8.46. The molecule has 1 unspecified atom stereocenters. The first-order valence-electron chi connectivity index (χ1n) is 11.6. The van der Waals surface area contributed by atoms with Gasteiger partial charge < -0.3 is 15.8 Å². The molecule has 0 amide bonds. The highest BCUT2D eigenvalue weighted by atomic mass is 19.4. The summed E-state index contributed by atoms with van der Waals surface area (Å²) in [6.07, 6.45) is -1.06. The number of benzene rings is 2. The molecule has 0 radical (unpaired) electrons. The summed E-state index contributed by atoms with van der Waals surface area (Å²) in [5.41, 5.74) is 5.95. The number of para-hydroxylation sites is 1. The third kappa shape index (κ3) is 4.93. The highest BCUT2D eigenvalue weighted by Crippen LogP contribution is 2.35. The number of halogens is 3. The fraction of sp³-hybridized carbons (Fsp3) is 0.154. The molecule has 13 heteroatoms. The van der Waals surface area contributed by atoms with Crippen LogP contribution in [-0.2, 0) is 6.18 Å². The van der Waals surface area contributed by atoms with Crippen molar-refractivity contribution in [1.82, 2.24) is 29.5 Å². The number of methoxy groups -OCH3 is 1. The topological polar surface area (TPSA) is 134 Å². The van der Waals surface area contributed by atoms with Crippen LogP contribution in [0.25, 0.3) is 27.7 Å². The lowest BCUT2D eigenvalue weighted by Gasteiger charge is -2.22. The first-order valence-corrected chi connectivity index (χ1v) is 11.6. The highest BCUT2D eigenvalue weighted by Gasteiger charge is 2.36. The molecular formula is C26H21F3N8O2. The number of aromatic nitrogens is 6. The van der Waals surface area contributed by atoms with Crippen molar-refractivity contribution < 1.29 is 17.9 Å². The largest absolute Gasteiger partial charge is 0.467 e. The average Bonchev–Trinajstić information content (AvgIpc) is 2.92. The Bertz CT molecular complexity index is 1710. The zero-order chi connectivity index (χ0) is 27.7. The molecule has 5 aromatic rings. The molecule has 2 aromatic carbocycles. The summed E-state index contributed by atoms with van der Waals surface area (Å²) in [6.45, 7) is 1.58. The molecule has 3 aromatic heterocycles. The Morgan fingerprint density at radius 2 is 1.69 bits per heavy atom. The third-order valence-corrected chi connectivity index (χ3v) is 5.91. The Balaban J connectivity index is 1.72. The summed E-state index contributed by atoms with van der Waals surface area (Å²) >= 11 is 0. The average molecular weight is 535 g/mol. The molecule has 0 fully saturated rings. The maximum absolute atomic E-state index is 14.1. The minimum atomic E-state index is -4.74. The number of nitrogens with two attached hydrogens (primary N) is 1. The van der Waals surface area contributed by atoms with Gasteiger partial charge in [-0.3, -0.25) is 9.36 Å². The molecule has 0 saturated carbocycles. The molecule has 3 N–H and O–H groups in total. The van der Waals surface area contributed by atoms with E-state index in [2.05, 4.69) is 25.3 Å². The van der Waals surface area contributed by atoms with Crippen LogP contribution in [-0.4, -0.2) is 36.6 Å². The normalized spacial score (nSPS) is 12.3. The molecule has 0 spiro atoms. The minimum absolute atomic E-state index is 0.159. The van der Waals surface area contributed by atoms with Gasteiger partial charge >= 0.3 is 12.2 Å². The van der Waals surface area contributed by atoms with E-state index in [-0.39, 0.29) is 23.2 Å². The Hall–Kier alpha value is -5.07. The molecule has 0 saturated heterocycles. The van der Waals surface area contributed by atoms with E-state index in [1.165, 1.54) is 24.1 Å². The lowest BCUT2D eigenvalue weighted by Crippen LogP contribution is -2.28. The lowest BCUT2D eigenvalue weighted by atomic mass is 10.0. The molecule has 10 nitrogen and oxygen atoms in total. The lowest BCUT2D eigenvalue weighted by molar-refractivity contribution is -0.137. The zero-order valence-electron chi connectivity index (χ0n) is 20.6. The Morgan fingerprint density at radius 1 is 0.974 bits per heavy atom. The van der Waals surface area contributed by atoms with Crippen molar-refractivity contribution in [1.29, 1.82) is 0 Å². The van der Waals surface area contributed by atoms with Gasteiger partial charge in [-0.1, -0.05) is 30.3 Å². The van der Waals surface area contributed by atoms with E-state index >= 15 is 0 Å². The first kappa shape index (κ1) is 25.6. The molecule has 3 heterocycles. The quantitative estimate of drug-likeness (QED) is 0.325. The molecule has 198 valence electrons. The van der Waals surface area contributed by atoms with E-state index in [9.17, 15) is 18.0 Å². The monoisotopic (exact) mass is 534 g/mol. The van der Waals surface area contributed by atoms with Gasteiger partial charge in [0.1, 0.15) is 17.2 Å². The van der Waals surface area contributed by atoms with Crippen LogP contribution >= 0.6 is 0 Å². The van der Waals surface area contributed by atoms with E-state index in [1.807, 2.05) is 0 Å². The van der Waals surface area contributed by atoms with E-state index in [4.69, 9.17) is 15.5 Å². The van der Waals surface area contributed by atoms with Crippen molar-refractivity contribution in [2.75, 3.05) is 18.2 Å². The number of fused-ring (bicyclic) bond motifs is 1. The number of hydrogen-bond donors (Lipinski definition) is 2. The number of ether oxygens (including phenoxy) is 1. The van der Waals surface area contributed by atoms with E-state index in [0.717, 1.165) is 0 Å². The standard InChI is InChI=1S/C26H21F3N8O2/c1-14(34-21-18(26(27,28)29)13-31-24(30)36-21)22-35-19-10-6-9-17(15-11-32-25(39-2)33-12-15)20(19)23(38)37(22)16-7-4-3-5-8-16/h3-14H,1-2H3,(H3,30,31,34,36). The zero-order valence-corrected chi connectivity index (χ0v) is 20.6. The van der Waals surface area contributed by atoms with Gasteiger partial charge in [-0.05, 0) is 30.7 Å². The first-order chi connectivity index (χ1) is 18.7. The molecule has 1 atom stereocenters. The summed E-state index contributed by atoms with van der Waals surface area (Å²) in [6, 6.07) is 13.0. The highest BCUT2D eigenvalue weighted by molar-refractivity contribution is 5.94. The fourth-order valence-corrected chi connectivity index (χ4v) is 4.15. The molecule has 5 rings (SSSR count). The Kier molecular flexibility index (Phi) is 6.56. The summed E-state index contributed by atoms with van der Waals surface area (Å²) in [7, 11) is 1.44. The predicted molar refractivity (Wildman–Crippen MR) is 138 cm³/mol. The maximum atomic E-state index is 14.1. The van der Waals surface area contributed by atoms with Crippen molar-refractivity contribution >= 4 is 22.7 Å². The van der Waals surface area contributed by atoms with Crippen molar-refractivity contribution in [3.63, 3.8) is 0 Å². The summed E-state index contributed by atoms with van der Waals surface area (Å²) in [5, 5.41) is 3.01. The van der Waals surface area contributed by atoms with Crippen molar-refractivity contribution in [3.8, 4) is 22.8 Å². The molecule has 39 heavy (non-hydrogen) atoms. The van der Waals surface area contributed by atoms with Gasteiger partial charge in [-0.15, -0.1) is 0 Å². The predicted octanol–water partition coefficient (Wildman–Crippen LogP) is 4.42. The Labute approximate surface area is 219 Å². The van der Waals surface area contributed by atoms with Gasteiger partial charge in [0.25, 0.3) is 5.56 Å². The minimum Gasteiger partial charge on any atom is -0.467 e. The second kappa shape index (κ2) is 10.0. The Morgan fingerprint density at radius 3 is 2.36 bits per heavy atom. The van der Waals surface area contributed by atoms with E-state index < -0.39 is 29.2 Å². The number of anilines is 2. The molecule has 0 bridgehead atoms. The van der Waals surface area contributed by atoms with Crippen molar-refractivity contribution in [2.24, 2.45) is 0 Å². The van der Waals surface area contributed by atoms with Crippen LogP contribution in [0.1, 0.15) is 24.4 Å². The fourth-order valence-electron chi connectivity index (χ4n) is 4.15. The molecule has 0 aliphatic rings. The molecular weight excluding hydrogens is 513 g/mol. The van der Waals surface area contributed by atoms with Crippen molar-refractivity contribution in [3.05, 3.63) is 88.9 Å². The number of nitrogens with zero attached hydrogens (tertiary/aromatic N) is 6. The smallest absolute Gasteiger partial charge is 0.421 e. The number of alkyl halides is 3. The number of nitrogens with one attached hydrogen (secondary N) is 1.